The lowest BCUT2D eigenvalue weighted by molar-refractivity contribution is -0.122. The first kappa shape index (κ1) is 14.7. The summed E-state index contributed by atoms with van der Waals surface area (Å²) in [7, 11) is 1.58. The number of rotatable bonds is 5. The molecule has 0 radical (unpaired) electrons. The minimum absolute atomic E-state index is 0.176. The van der Waals surface area contributed by atoms with Crippen molar-refractivity contribution in [2.24, 2.45) is 11.5 Å². The Bertz CT molecular complexity index is 533. The second-order valence-corrected chi connectivity index (χ2v) is 5.37. The van der Waals surface area contributed by atoms with Crippen LogP contribution in [0.3, 0.4) is 0 Å². The Kier molecular flexibility index (Phi) is 4.57. The summed E-state index contributed by atoms with van der Waals surface area (Å²) in [6.45, 7) is 1.54. The summed E-state index contributed by atoms with van der Waals surface area (Å²) in [6, 6.07) is 5.54. The first-order valence-corrected chi connectivity index (χ1v) is 6.94. The van der Waals surface area contributed by atoms with Crippen molar-refractivity contribution in [2.45, 2.75) is 25.4 Å². The summed E-state index contributed by atoms with van der Waals surface area (Å²) >= 11 is 5.03. The third-order valence-corrected chi connectivity index (χ3v) is 3.83. The number of carbonyl (C=O) groups excluding carboxylic acids is 1. The Balaban J connectivity index is 2.19. The molecule has 0 aliphatic carbocycles. The zero-order valence-corrected chi connectivity index (χ0v) is 12.3. The van der Waals surface area contributed by atoms with E-state index in [1.54, 1.807) is 7.11 Å². The van der Waals surface area contributed by atoms with E-state index >= 15 is 0 Å². The van der Waals surface area contributed by atoms with E-state index in [1.807, 2.05) is 18.2 Å². The number of nitrogens with two attached hydrogens (primary N) is 2. The number of benzene rings is 1. The number of nitrogens with zero attached hydrogens (tertiary/aromatic N) is 1. The number of methoxy groups -OCH3 is 1. The van der Waals surface area contributed by atoms with Gasteiger partial charge < -0.3 is 16.2 Å². The topological polar surface area (TPSA) is 81.6 Å². The number of amides is 1. The fraction of sp³-hybridized carbons (Fsp3) is 0.429. The van der Waals surface area contributed by atoms with Gasteiger partial charge in [-0.05, 0) is 37.1 Å². The lowest BCUT2D eigenvalue weighted by Gasteiger charge is -2.22. The maximum absolute atomic E-state index is 11.4. The van der Waals surface area contributed by atoms with Gasteiger partial charge in [-0.25, -0.2) is 0 Å². The van der Waals surface area contributed by atoms with Crippen molar-refractivity contribution in [1.29, 1.82) is 0 Å². The van der Waals surface area contributed by atoms with Crippen LogP contribution in [0.5, 0.6) is 5.75 Å². The predicted molar refractivity (Wildman–Crippen MR) is 81.5 cm³/mol. The Hall–Kier alpha value is -1.66. The Morgan fingerprint density at radius 2 is 2.25 bits per heavy atom. The van der Waals surface area contributed by atoms with Gasteiger partial charge in [0.2, 0.25) is 5.91 Å². The van der Waals surface area contributed by atoms with Crippen molar-refractivity contribution < 1.29 is 9.53 Å². The molecule has 2 rings (SSSR count). The maximum Gasteiger partial charge on any atom is 0.234 e. The summed E-state index contributed by atoms with van der Waals surface area (Å²) in [5, 5.41) is 0. The van der Waals surface area contributed by atoms with Crippen LogP contribution >= 0.6 is 12.2 Å². The van der Waals surface area contributed by atoms with Crippen LogP contribution in [-0.4, -0.2) is 35.5 Å². The minimum Gasteiger partial charge on any atom is -0.496 e. The molecule has 1 aliphatic heterocycles. The van der Waals surface area contributed by atoms with Crippen molar-refractivity contribution in [1.82, 2.24) is 4.90 Å². The number of hydrogen-bond donors (Lipinski definition) is 2. The van der Waals surface area contributed by atoms with Gasteiger partial charge in [-0.15, -0.1) is 0 Å². The average molecular weight is 293 g/mol. The first-order valence-electron chi connectivity index (χ1n) is 6.53. The van der Waals surface area contributed by atoms with Crippen LogP contribution in [0.4, 0.5) is 0 Å². The van der Waals surface area contributed by atoms with Crippen LogP contribution in [0, 0.1) is 0 Å². The minimum atomic E-state index is -0.259. The molecule has 5 nitrogen and oxygen atoms in total. The molecule has 1 atom stereocenters. The van der Waals surface area contributed by atoms with Crippen molar-refractivity contribution in [2.75, 3.05) is 13.7 Å². The molecule has 1 fully saturated rings. The van der Waals surface area contributed by atoms with E-state index in [4.69, 9.17) is 28.4 Å². The molecule has 4 N–H and O–H groups in total. The van der Waals surface area contributed by atoms with Gasteiger partial charge in [-0.3, -0.25) is 9.69 Å². The van der Waals surface area contributed by atoms with Gasteiger partial charge in [-0.1, -0.05) is 18.3 Å². The molecular weight excluding hydrogens is 274 g/mol. The molecule has 6 heteroatoms. The van der Waals surface area contributed by atoms with Crippen molar-refractivity contribution in [3.8, 4) is 5.75 Å². The number of likely N-dealkylation sites (tertiary alicyclic amines) is 1. The maximum atomic E-state index is 11.4. The molecule has 1 amide bonds. The van der Waals surface area contributed by atoms with Crippen LogP contribution < -0.4 is 16.2 Å². The highest BCUT2D eigenvalue weighted by Gasteiger charge is 2.28. The van der Waals surface area contributed by atoms with E-state index in [2.05, 4.69) is 4.90 Å². The lowest BCUT2D eigenvalue weighted by Crippen LogP contribution is -2.39. The van der Waals surface area contributed by atoms with Crippen LogP contribution in [0.15, 0.2) is 18.2 Å². The molecule has 1 heterocycles. The van der Waals surface area contributed by atoms with Gasteiger partial charge in [0.25, 0.3) is 0 Å². The molecule has 1 saturated heterocycles. The Labute approximate surface area is 123 Å². The summed E-state index contributed by atoms with van der Waals surface area (Å²) in [4.78, 5) is 13.8. The van der Waals surface area contributed by atoms with E-state index in [0.717, 1.165) is 30.5 Å². The fourth-order valence-corrected chi connectivity index (χ4v) is 2.78. The smallest absolute Gasteiger partial charge is 0.234 e. The highest BCUT2D eigenvalue weighted by atomic mass is 32.1. The first-order chi connectivity index (χ1) is 9.52. The fourth-order valence-electron chi connectivity index (χ4n) is 2.62. The van der Waals surface area contributed by atoms with Gasteiger partial charge in [0.1, 0.15) is 10.7 Å². The summed E-state index contributed by atoms with van der Waals surface area (Å²) < 4.78 is 5.24. The van der Waals surface area contributed by atoms with E-state index in [1.165, 1.54) is 0 Å². The molecule has 1 aromatic carbocycles. The largest absolute Gasteiger partial charge is 0.496 e. The van der Waals surface area contributed by atoms with E-state index in [0.29, 0.717) is 17.3 Å². The average Bonchev–Trinajstić information content (AvgIpc) is 2.87. The van der Waals surface area contributed by atoms with Gasteiger partial charge in [-0.2, -0.15) is 0 Å². The van der Waals surface area contributed by atoms with Gasteiger partial charge in [0.05, 0.1) is 18.7 Å². The molecule has 1 aromatic rings. The Morgan fingerprint density at radius 1 is 1.50 bits per heavy atom. The lowest BCUT2D eigenvalue weighted by atomic mass is 10.1. The molecule has 108 valence electrons. The van der Waals surface area contributed by atoms with Crippen molar-refractivity contribution in [3.05, 3.63) is 29.3 Å². The molecule has 0 saturated carbocycles. The quantitative estimate of drug-likeness (QED) is 0.784. The zero-order valence-electron chi connectivity index (χ0n) is 11.5. The molecular formula is C14H19N3O2S. The van der Waals surface area contributed by atoms with Gasteiger partial charge in [0.15, 0.2) is 0 Å². The molecule has 20 heavy (non-hydrogen) atoms. The molecule has 0 bridgehead atoms. The number of primary amides is 1. The van der Waals surface area contributed by atoms with E-state index in [-0.39, 0.29) is 11.9 Å². The monoisotopic (exact) mass is 293 g/mol. The summed E-state index contributed by atoms with van der Waals surface area (Å²) in [6.07, 6.45) is 1.82. The van der Waals surface area contributed by atoms with Crippen molar-refractivity contribution >= 4 is 23.1 Å². The third-order valence-electron chi connectivity index (χ3n) is 3.61. The second-order valence-electron chi connectivity index (χ2n) is 4.93. The third kappa shape index (κ3) is 3.08. The predicted octanol–water partition coefficient (Wildman–Crippen LogP) is 0.779. The SMILES string of the molecule is COc1ccc(CN2CCCC2C(N)=O)cc1C(N)=S. The van der Waals surface area contributed by atoms with E-state index < -0.39 is 0 Å². The number of ether oxygens (including phenoxy) is 1. The normalized spacial score (nSPS) is 18.9. The number of hydrogen-bond acceptors (Lipinski definition) is 4. The summed E-state index contributed by atoms with van der Waals surface area (Å²) in [5.74, 6) is 0.403. The van der Waals surface area contributed by atoms with Crippen molar-refractivity contribution in [3.63, 3.8) is 0 Å². The second kappa shape index (κ2) is 6.19. The van der Waals surface area contributed by atoms with Crippen LogP contribution in [0.2, 0.25) is 0 Å². The Morgan fingerprint density at radius 3 is 2.85 bits per heavy atom. The van der Waals surface area contributed by atoms with Crippen LogP contribution in [0.1, 0.15) is 24.0 Å². The van der Waals surface area contributed by atoms with Gasteiger partial charge >= 0.3 is 0 Å². The number of carbonyl (C=O) groups is 1. The highest BCUT2D eigenvalue weighted by Crippen LogP contribution is 2.24. The molecule has 0 spiro atoms. The molecule has 1 aliphatic rings. The van der Waals surface area contributed by atoms with Crippen LogP contribution in [-0.2, 0) is 11.3 Å². The standard InChI is InChI=1S/C14H19N3O2S/c1-19-12-5-4-9(7-10(12)14(16)20)8-17-6-2-3-11(17)13(15)18/h4-5,7,11H,2-3,6,8H2,1H3,(H2,15,18)(H2,16,20). The number of thiocarbonyl (C=S) groups is 1. The summed E-state index contributed by atoms with van der Waals surface area (Å²) in [5.41, 5.74) is 12.9. The molecule has 0 aromatic heterocycles. The van der Waals surface area contributed by atoms with Crippen LogP contribution in [0.25, 0.3) is 0 Å². The molecule has 1 unspecified atom stereocenters. The highest BCUT2D eigenvalue weighted by molar-refractivity contribution is 7.80. The van der Waals surface area contributed by atoms with Gasteiger partial charge in [0, 0.05) is 6.54 Å². The van der Waals surface area contributed by atoms with E-state index in [9.17, 15) is 4.79 Å². The zero-order chi connectivity index (χ0) is 14.7.